The highest BCUT2D eigenvalue weighted by molar-refractivity contribution is 5.92. The van der Waals surface area contributed by atoms with Crippen molar-refractivity contribution in [1.82, 2.24) is 86.7 Å². The van der Waals surface area contributed by atoms with Crippen molar-refractivity contribution < 1.29 is 13.5 Å². The zero-order valence-electron chi connectivity index (χ0n) is 74.3. The first-order valence-corrected chi connectivity index (χ1v) is 41.0. The molecule has 18 aromatic rings. The van der Waals surface area contributed by atoms with E-state index >= 15 is 0 Å². The molecular formula is C99H113F2N19O. The Labute approximate surface area is 707 Å². The number of hydrogen-bond acceptors (Lipinski definition) is 9. The van der Waals surface area contributed by atoms with Crippen LogP contribution in [0.5, 0.6) is 5.75 Å². The number of pyridine rings is 1. The molecule has 18 rings (SSSR count). The number of fused-ring (bicyclic) bond motifs is 6. The molecule has 0 radical (unpaired) electrons. The number of alkyl halides is 2. The summed E-state index contributed by atoms with van der Waals surface area (Å²) in [5.41, 5.74) is 24.5. The van der Waals surface area contributed by atoms with E-state index in [1.165, 1.54) is 66.2 Å². The minimum atomic E-state index is -2.53. The number of benzene rings is 6. The topological polar surface area (TPSA) is 188 Å². The Bertz CT molecular complexity index is 6710. The summed E-state index contributed by atoms with van der Waals surface area (Å²) in [5.74, 6) is 0.887. The second-order valence-electron chi connectivity index (χ2n) is 35.9. The summed E-state index contributed by atoms with van der Waals surface area (Å²) >= 11 is 0. The van der Waals surface area contributed by atoms with Crippen LogP contribution in [-0.4, -0.2) is 93.8 Å². The molecule has 6 aromatic carbocycles. The largest absolute Gasteiger partial charge is 0.497 e. The molecule has 12 heterocycles. The zero-order valence-corrected chi connectivity index (χ0v) is 74.3. The van der Waals surface area contributed by atoms with Crippen LogP contribution in [-0.2, 0) is 50.3 Å². The van der Waals surface area contributed by atoms with Crippen molar-refractivity contribution in [3.8, 4) is 78.7 Å². The molecule has 0 aliphatic rings. The normalized spacial score (nSPS) is 11.9. The molecule has 20 nitrogen and oxygen atoms in total. The van der Waals surface area contributed by atoms with Crippen LogP contribution in [0.1, 0.15) is 157 Å². The number of imidazole rings is 1. The molecule has 0 unspecified atom stereocenters. The van der Waals surface area contributed by atoms with E-state index in [4.69, 9.17) is 4.74 Å². The lowest BCUT2D eigenvalue weighted by Gasteiger charge is -2.25. The summed E-state index contributed by atoms with van der Waals surface area (Å²) in [5, 5.41) is 39.0. The molecule has 0 saturated heterocycles. The van der Waals surface area contributed by atoms with Gasteiger partial charge in [-0.1, -0.05) is 36.4 Å². The van der Waals surface area contributed by atoms with Crippen LogP contribution >= 0.6 is 0 Å². The Morgan fingerprint density at radius 3 is 1.44 bits per heavy atom. The smallest absolute Gasteiger partial charge is 0.264 e. The molecule has 12 aromatic heterocycles. The van der Waals surface area contributed by atoms with Crippen molar-refractivity contribution in [3.63, 3.8) is 0 Å². The van der Waals surface area contributed by atoms with Crippen LogP contribution in [0.4, 0.5) is 8.78 Å². The lowest BCUT2D eigenvalue weighted by molar-refractivity contribution is 0.152. The maximum absolute atomic E-state index is 13.6. The molecule has 121 heavy (non-hydrogen) atoms. The van der Waals surface area contributed by atoms with Crippen molar-refractivity contribution in [2.75, 3.05) is 7.11 Å². The van der Waals surface area contributed by atoms with Gasteiger partial charge in [-0.25, -0.2) is 13.8 Å². The van der Waals surface area contributed by atoms with Gasteiger partial charge in [0.25, 0.3) is 6.43 Å². The number of aromatic nitrogens is 18. The Hall–Kier alpha value is -13.2. The zero-order chi connectivity index (χ0) is 87.1. The second kappa shape index (κ2) is 34.3. The van der Waals surface area contributed by atoms with Gasteiger partial charge in [-0.05, 0) is 268 Å². The van der Waals surface area contributed by atoms with Crippen LogP contribution in [0, 0.1) is 32.1 Å². The number of nitrogens with one attached hydrogen (secondary N) is 1. The lowest BCUT2D eigenvalue weighted by atomic mass is 10.00. The van der Waals surface area contributed by atoms with Gasteiger partial charge in [0, 0.05) is 205 Å². The summed E-state index contributed by atoms with van der Waals surface area (Å²) in [7, 11) is 9.22. The third-order valence-electron chi connectivity index (χ3n) is 21.7. The number of methoxy groups -OCH3 is 1. The average Bonchev–Trinajstić information content (AvgIpc) is 1.59. The van der Waals surface area contributed by atoms with Gasteiger partial charge in [0.15, 0.2) is 0 Å². The fourth-order valence-electron chi connectivity index (χ4n) is 16.2. The van der Waals surface area contributed by atoms with Gasteiger partial charge in [0.05, 0.1) is 84.5 Å². The van der Waals surface area contributed by atoms with E-state index in [0.717, 1.165) is 78.0 Å². The van der Waals surface area contributed by atoms with Gasteiger partial charge in [-0.3, -0.25) is 28.8 Å². The SMILES string of the molecule is CC(C)(C)n1cnc2cc(-c3cn[nH]c3)ccc21.COc1ccc(-c2ccc3ccn(C(C)(C)C)c3c2)cc1.Cc1cc2cc(-c3cnn(C)c3)c(C#N)cc2n1C(C)C.Cc1cc2cc(-c3cnn(C)c3)c(C(F)F)cc2n1C(C)(C)C.Cc1cc2cc(-c3cnn(C)c3)ncc2n1C(C)C.Cn1cc(-c2ccc3c(ccn3C(C)(C)C)c2)cn1. The minimum Gasteiger partial charge on any atom is -0.497 e. The molecule has 22 heteroatoms. The maximum atomic E-state index is 13.6. The molecule has 0 amide bonds. The van der Waals surface area contributed by atoms with E-state index in [1.54, 1.807) is 52.9 Å². The number of H-pyrrole nitrogens is 1. The summed E-state index contributed by atoms with van der Waals surface area (Å²) in [6.45, 7) is 41.1. The van der Waals surface area contributed by atoms with Crippen LogP contribution < -0.4 is 4.74 Å². The fourth-order valence-corrected chi connectivity index (χ4v) is 16.2. The van der Waals surface area contributed by atoms with E-state index in [9.17, 15) is 14.0 Å². The molecule has 0 spiro atoms. The summed E-state index contributed by atoms with van der Waals surface area (Å²) in [6.07, 6.45) is 24.3. The van der Waals surface area contributed by atoms with E-state index in [1.807, 2.05) is 113 Å². The third-order valence-corrected chi connectivity index (χ3v) is 21.7. The van der Waals surface area contributed by atoms with Crippen molar-refractivity contribution in [3.05, 3.63) is 255 Å². The first kappa shape index (κ1) is 85.7. The van der Waals surface area contributed by atoms with Crippen LogP contribution in [0.15, 0.2) is 226 Å². The number of nitrogens with zero attached hydrogens (tertiary/aromatic N) is 18. The van der Waals surface area contributed by atoms with E-state index < -0.39 is 6.43 Å². The van der Waals surface area contributed by atoms with Gasteiger partial charge in [0.2, 0.25) is 0 Å². The molecule has 624 valence electrons. The highest BCUT2D eigenvalue weighted by Gasteiger charge is 2.25. The van der Waals surface area contributed by atoms with Gasteiger partial charge < -0.3 is 32.1 Å². The molecule has 0 aliphatic carbocycles. The fraction of sp³-hybridized carbons (Fsp3) is 0.313. The van der Waals surface area contributed by atoms with E-state index in [-0.39, 0.29) is 27.7 Å². The first-order valence-electron chi connectivity index (χ1n) is 41.0. The molecule has 0 bridgehead atoms. The van der Waals surface area contributed by atoms with E-state index in [2.05, 4.69) is 320 Å². The van der Waals surface area contributed by atoms with Gasteiger partial charge >= 0.3 is 0 Å². The number of aryl methyl sites for hydroxylation is 7. The van der Waals surface area contributed by atoms with Crippen molar-refractivity contribution in [2.45, 2.75) is 172 Å². The molecular weight excluding hydrogens is 1510 g/mol. The predicted octanol–water partition coefficient (Wildman–Crippen LogP) is 24.2. The number of halogens is 2. The molecule has 0 saturated carbocycles. The number of nitriles is 1. The standard InChI is InChI=1S/C19H21NO.C18H21F2N3.C17H18N4.C16H19N3.C15H18N4.C14H16N4/c1-19(2,3)20-12-11-15-5-6-16(13-18(15)20)14-7-9-17(21-4)10-8-14;1-11-6-12-7-14(13-9-21-22(5)10-13)15(17(19)20)8-16(12)23(11)18(2,3)4;1-11(2)21-12(3)5-13-6-16(14(8-18)7-17(13)21)15-9-19-20(4)10-15;1-16(2,3)19-8-7-13-9-12(5-6-15(13)19)14-10-17-18(4)11-14;1-10(2)19-11(3)5-12-6-14(16-8-15(12)19)13-7-17-18(4)9-13;1-14(2,3)18-9-15-12-6-10(4-5-13(12)18)11-7-16-17-8-11/h5-13H,1-4H3;6-10,17H,1-5H3;5-7,9-11H,1-4H3;5-11H,1-4H3;5-10H,1-4H3;4-9H,1-3H3,(H,16,17). The van der Waals surface area contributed by atoms with Crippen LogP contribution in [0.25, 0.3) is 132 Å². The van der Waals surface area contributed by atoms with Crippen LogP contribution in [0.2, 0.25) is 0 Å². The highest BCUT2D eigenvalue weighted by Crippen LogP contribution is 2.40. The number of aromatic amines is 1. The molecule has 0 aliphatic heterocycles. The lowest BCUT2D eigenvalue weighted by Crippen LogP contribution is -2.22. The first-order chi connectivity index (χ1) is 57.2. The number of rotatable bonds is 10. The number of ether oxygens (including phenoxy) is 1. The van der Waals surface area contributed by atoms with Crippen molar-refractivity contribution in [1.29, 1.82) is 5.26 Å². The highest BCUT2D eigenvalue weighted by atomic mass is 19.3. The summed E-state index contributed by atoms with van der Waals surface area (Å²) in [6, 6.07) is 51.4. The summed E-state index contributed by atoms with van der Waals surface area (Å²) in [4.78, 5) is 9.06. The monoisotopic (exact) mass is 1620 g/mol. The third kappa shape index (κ3) is 18.7. The van der Waals surface area contributed by atoms with Crippen molar-refractivity contribution in [2.24, 2.45) is 28.2 Å². The Morgan fingerprint density at radius 2 is 0.901 bits per heavy atom. The Kier molecular flexibility index (Phi) is 24.3. The van der Waals surface area contributed by atoms with Crippen LogP contribution in [0.3, 0.4) is 0 Å². The predicted molar refractivity (Wildman–Crippen MR) is 490 cm³/mol. The Balaban J connectivity index is 0.000000125. The number of hydrogen-bond donors (Lipinski definition) is 1. The van der Waals surface area contributed by atoms with Crippen molar-refractivity contribution >= 4 is 65.5 Å². The summed E-state index contributed by atoms with van der Waals surface area (Å²) < 4.78 is 53.1. The van der Waals surface area contributed by atoms with E-state index in [0.29, 0.717) is 28.8 Å². The maximum Gasteiger partial charge on any atom is 0.264 e. The van der Waals surface area contributed by atoms with Gasteiger partial charge in [0.1, 0.15) is 5.75 Å². The second-order valence-corrected chi connectivity index (χ2v) is 35.9. The molecule has 1 N–H and O–H groups in total. The Morgan fingerprint density at radius 1 is 0.405 bits per heavy atom. The van der Waals surface area contributed by atoms with Gasteiger partial charge in [-0.2, -0.15) is 30.8 Å². The molecule has 0 atom stereocenters. The quantitative estimate of drug-likeness (QED) is 0.139. The average molecular weight is 1620 g/mol. The van der Waals surface area contributed by atoms with Gasteiger partial charge in [-0.15, -0.1) is 0 Å². The minimum absolute atomic E-state index is 0.0475. The molecule has 0 fully saturated rings.